The highest BCUT2D eigenvalue weighted by Gasteiger charge is 2.23. The van der Waals surface area contributed by atoms with Gasteiger partial charge in [-0.3, -0.25) is 0 Å². The lowest BCUT2D eigenvalue weighted by molar-refractivity contribution is 0.221. The number of hydrogen-bond donors (Lipinski definition) is 0. The second kappa shape index (κ2) is 19.2. The summed E-state index contributed by atoms with van der Waals surface area (Å²) in [7, 11) is 0. The summed E-state index contributed by atoms with van der Waals surface area (Å²) in [6, 6.07) is 0. The Morgan fingerprint density at radius 1 is 0.382 bits per heavy atom. The van der Waals surface area contributed by atoms with Gasteiger partial charge in [-0.2, -0.15) is 0 Å². The average molecular weight is 479 g/mol. The van der Waals surface area contributed by atoms with E-state index in [1.54, 1.807) is 0 Å². The summed E-state index contributed by atoms with van der Waals surface area (Å²) < 4.78 is 0. The summed E-state index contributed by atoms with van der Waals surface area (Å²) in [5.41, 5.74) is 0. The minimum absolute atomic E-state index is 0. The summed E-state index contributed by atoms with van der Waals surface area (Å²) in [6.07, 6.45) is 22.2. The van der Waals surface area contributed by atoms with Gasteiger partial charge in [-0.25, -0.2) is 0 Å². The van der Waals surface area contributed by atoms with E-state index in [0.29, 0.717) is 0 Å². The van der Waals surface area contributed by atoms with Crippen molar-refractivity contribution in [3.8, 4) is 0 Å². The van der Waals surface area contributed by atoms with Gasteiger partial charge in [0.25, 0.3) is 0 Å². The topological polar surface area (TPSA) is 0 Å². The molecule has 0 amide bonds. The normalized spacial score (nSPS) is 31.8. The average Bonchev–Trinajstić information content (AvgIpc) is 2.84. The third-order valence-corrected chi connectivity index (χ3v) is 10.2. The zero-order chi connectivity index (χ0) is 24.8. The molecule has 0 spiro atoms. The Labute approximate surface area is 219 Å². The molecule has 0 bridgehead atoms. The van der Waals surface area contributed by atoms with Gasteiger partial charge in [0.05, 0.1) is 0 Å². The van der Waals surface area contributed by atoms with Crippen LogP contribution in [0.5, 0.6) is 0 Å². The number of hydrogen-bond acceptors (Lipinski definition) is 0. The van der Waals surface area contributed by atoms with Gasteiger partial charge in [0.15, 0.2) is 0 Å². The molecule has 0 aromatic rings. The van der Waals surface area contributed by atoms with E-state index in [1.165, 1.54) is 96.3 Å². The third kappa shape index (κ3) is 13.3. The third-order valence-electron chi connectivity index (χ3n) is 10.2. The van der Waals surface area contributed by atoms with Crippen LogP contribution in [0.15, 0.2) is 0 Å². The van der Waals surface area contributed by atoms with Crippen molar-refractivity contribution in [2.45, 2.75) is 166 Å². The first-order valence-corrected chi connectivity index (χ1v) is 15.7. The SMILES string of the molecule is C.CCC1CCC(C(C)C)CC1.CCC1CCC(C(C)C)CC1.CCC1CCC(C(C)C)CC1. The van der Waals surface area contributed by atoms with E-state index < -0.39 is 0 Å². The molecule has 0 heterocycles. The van der Waals surface area contributed by atoms with E-state index in [2.05, 4.69) is 62.3 Å². The van der Waals surface area contributed by atoms with E-state index in [-0.39, 0.29) is 7.43 Å². The molecule has 0 radical (unpaired) electrons. The van der Waals surface area contributed by atoms with E-state index in [1.807, 2.05) is 0 Å². The van der Waals surface area contributed by atoms with Crippen LogP contribution in [0.3, 0.4) is 0 Å². The standard InChI is InChI=1S/3C11H22.CH4/c3*1-4-10-5-7-11(8-6-10)9(2)3;/h3*9-11H,4-8H2,1-3H3;1H4. The minimum Gasteiger partial charge on any atom is -0.0776 e. The monoisotopic (exact) mass is 479 g/mol. The van der Waals surface area contributed by atoms with Crippen LogP contribution in [0, 0.1) is 53.3 Å². The lowest BCUT2D eigenvalue weighted by Gasteiger charge is -2.30. The van der Waals surface area contributed by atoms with Crippen LogP contribution in [0.4, 0.5) is 0 Å². The Bertz CT molecular complexity index is 356. The minimum atomic E-state index is 0. The molecule has 0 atom stereocenters. The number of rotatable bonds is 6. The lowest BCUT2D eigenvalue weighted by atomic mass is 9.76. The van der Waals surface area contributed by atoms with Crippen molar-refractivity contribution < 1.29 is 0 Å². The molecule has 0 nitrogen and oxygen atoms in total. The van der Waals surface area contributed by atoms with E-state index >= 15 is 0 Å². The van der Waals surface area contributed by atoms with Crippen molar-refractivity contribution in [2.75, 3.05) is 0 Å². The summed E-state index contributed by atoms with van der Waals surface area (Å²) in [6.45, 7) is 21.2. The quantitative estimate of drug-likeness (QED) is 0.356. The van der Waals surface area contributed by atoms with Gasteiger partial charge in [-0.15, -0.1) is 0 Å². The Balaban J connectivity index is 0.000000473. The van der Waals surface area contributed by atoms with Crippen molar-refractivity contribution in [2.24, 2.45) is 53.3 Å². The predicted octanol–water partition coefficient (Wildman–Crippen LogP) is 12.2. The van der Waals surface area contributed by atoms with Gasteiger partial charge >= 0.3 is 0 Å². The molecule has 0 aliphatic heterocycles. The summed E-state index contributed by atoms with van der Waals surface area (Å²) in [5.74, 6) is 9.07. The van der Waals surface area contributed by atoms with Crippen LogP contribution in [-0.4, -0.2) is 0 Å². The highest BCUT2D eigenvalue weighted by Crippen LogP contribution is 2.36. The Kier molecular flexibility index (Phi) is 19.2. The molecular formula is C34H70. The largest absolute Gasteiger partial charge is 0.0776 e. The van der Waals surface area contributed by atoms with Gasteiger partial charge in [-0.05, 0) is 91.8 Å². The maximum atomic E-state index is 2.37. The summed E-state index contributed by atoms with van der Waals surface area (Å²) in [5, 5.41) is 0. The van der Waals surface area contributed by atoms with Gasteiger partial charge in [0, 0.05) is 0 Å². The molecule has 0 aromatic carbocycles. The van der Waals surface area contributed by atoms with Crippen LogP contribution < -0.4 is 0 Å². The fourth-order valence-corrected chi connectivity index (χ4v) is 6.79. The van der Waals surface area contributed by atoms with Crippen LogP contribution in [-0.2, 0) is 0 Å². The molecule has 0 saturated heterocycles. The molecule has 0 unspecified atom stereocenters. The second-order valence-electron chi connectivity index (χ2n) is 13.3. The molecule has 3 aliphatic carbocycles. The maximum Gasteiger partial charge on any atom is -0.0391 e. The van der Waals surface area contributed by atoms with Crippen LogP contribution in [0.2, 0.25) is 0 Å². The molecule has 3 fully saturated rings. The first kappa shape index (κ1) is 34.0. The van der Waals surface area contributed by atoms with Gasteiger partial charge < -0.3 is 0 Å². The van der Waals surface area contributed by atoms with Crippen molar-refractivity contribution in [3.63, 3.8) is 0 Å². The molecule has 3 aliphatic rings. The molecular weight excluding hydrogens is 408 g/mol. The van der Waals surface area contributed by atoms with Crippen molar-refractivity contribution in [1.29, 1.82) is 0 Å². The van der Waals surface area contributed by atoms with Crippen LogP contribution >= 0.6 is 0 Å². The Hall–Kier alpha value is 0. The molecule has 0 aromatic heterocycles. The molecule has 34 heavy (non-hydrogen) atoms. The fraction of sp³-hybridized carbons (Fsp3) is 1.00. The zero-order valence-electron chi connectivity index (χ0n) is 24.8. The molecule has 0 N–H and O–H groups in total. The van der Waals surface area contributed by atoms with Crippen molar-refractivity contribution >= 4 is 0 Å². The van der Waals surface area contributed by atoms with E-state index in [0.717, 1.165) is 53.3 Å². The van der Waals surface area contributed by atoms with Crippen LogP contribution in [0.1, 0.15) is 166 Å². The second-order valence-corrected chi connectivity index (χ2v) is 13.3. The molecule has 206 valence electrons. The highest BCUT2D eigenvalue weighted by molar-refractivity contribution is 4.75. The van der Waals surface area contributed by atoms with Crippen LogP contribution in [0.25, 0.3) is 0 Å². The highest BCUT2D eigenvalue weighted by atomic mass is 14.3. The fourth-order valence-electron chi connectivity index (χ4n) is 6.79. The molecule has 3 saturated carbocycles. The first-order chi connectivity index (χ1) is 15.7. The summed E-state index contributed by atoms with van der Waals surface area (Å²) >= 11 is 0. The molecule has 3 rings (SSSR count). The van der Waals surface area contributed by atoms with Crippen molar-refractivity contribution in [1.82, 2.24) is 0 Å². The van der Waals surface area contributed by atoms with Crippen molar-refractivity contribution in [3.05, 3.63) is 0 Å². The van der Waals surface area contributed by atoms with E-state index in [4.69, 9.17) is 0 Å². The Morgan fingerprint density at radius 2 is 0.559 bits per heavy atom. The Morgan fingerprint density at radius 3 is 0.676 bits per heavy atom. The first-order valence-electron chi connectivity index (χ1n) is 15.7. The smallest absolute Gasteiger partial charge is 0.0391 e. The lowest BCUT2D eigenvalue weighted by Crippen LogP contribution is -2.17. The van der Waals surface area contributed by atoms with Gasteiger partial charge in [-0.1, -0.05) is 128 Å². The van der Waals surface area contributed by atoms with Gasteiger partial charge in [0.2, 0.25) is 0 Å². The zero-order valence-corrected chi connectivity index (χ0v) is 24.8. The molecule has 0 heteroatoms. The predicted molar refractivity (Wildman–Crippen MR) is 158 cm³/mol. The maximum absolute atomic E-state index is 2.37. The van der Waals surface area contributed by atoms with E-state index in [9.17, 15) is 0 Å². The summed E-state index contributed by atoms with van der Waals surface area (Å²) in [4.78, 5) is 0. The van der Waals surface area contributed by atoms with Gasteiger partial charge in [0.1, 0.15) is 0 Å².